The zero-order chi connectivity index (χ0) is 16.8. The lowest BCUT2D eigenvalue weighted by Gasteiger charge is -2.22. The summed E-state index contributed by atoms with van der Waals surface area (Å²) in [7, 11) is 1.90. The minimum Gasteiger partial charge on any atom is -0.492 e. The summed E-state index contributed by atoms with van der Waals surface area (Å²) in [5.74, 6) is 0.865. The lowest BCUT2D eigenvalue weighted by molar-refractivity contribution is -0.123. The molecule has 2 aromatic rings. The Hall–Kier alpha value is -2.34. The van der Waals surface area contributed by atoms with Crippen LogP contribution in [0.15, 0.2) is 36.7 Å². The largest absolute Gasteiger partial charge is 0.492 e. The van der Waals surface area contributed by atoms with Gasteiger partial charge in [0.1, 0.15) is 12.4 Å². The van der Waals surface area contributed by atoms with Gasteiger partial charge in [0.25, 0.3) is 0 Å². The van der Waals surface area contributed by atoms with Crippen molar-refractivity contribution >= 4 is 5.91 Å². The summed E-state index contributed by atoms with van der Waals surface area (Å²) in [5, 5.41) is 10.4. The van der Waals surface area contributed by atoms with Crippen molar-refractivity contribution in [3.8, 4) is 16.9 Å². The highest BCUT2D eigenvalue weighted by molar-refractivity contribution is 5.81. The summed E-state index contributed by atoms with van der Waals surface area (Å²) in [6, 6.07) is 7.85. The molecular formula is C18H24N4O2. The molecule has 0 aliphatic carbocycles. The van der Waals surface area contributed by atoms with Gasteiger partial charge in [0.2, 0.25) is 5.91 Å². The van der Waals surface area contributed by atoms with Gasteiger partial charge < -0.3 is 15.4 Å². The number of carbonyl (C=O) groups excluding carboxylic acids is 1. The summed E-state index contributed by atoms with van der Waals surface area (Å²) in [4.78, 5) is 12.0. The average Bonchev–Trinajstić information content (AvgIpc) is 3.06. The Morgan fingerprint density at radius 2 is 2.33 bits per heavy atom. The molecular weight excluding hydrogens is 304 g/mol. The number of amides is 1. The molecule has 24 heavy (non-hydrogen) atoms. The molecule has 2 heterocycles. The van der Waals surface area contributed by atoms with E-state index in [1.54, 1.807) is 4.68 Å². The first-order valence-electron chi connectivity index (χ1n) is 8.45. The molecule has 1 fully saturated rings. The third-order valence-electron chi connectivity index (χ3n) is 4.17. The van der Waals surface area contributed by atoms with Crippen LogP contribution in [-0.2, 0) is 11.8 Å². The van der Waals surface area contributed by atoms with E-state index in [1.807, 2.05) is 43.7 Å². The zero-order valence-electron chi connectivity index (χ0n) is 14.0. The fraction of sp³-hybridized carbons (Fsp3) is 0.444. The lowest BCUT2D eigenvalue weighted by atomic mass is 10.0. The molecule has 0 spiro atoms. The number of hydrogen-bond acceptors (Lipinski definition) is 4. The molecule has 1 aliphatic heterocycles. The number of aromatic nitrogens is 2. The molecule has 1 aromatic carbocycles. The van der Waals surface area contributed by atoms with E-state index in [9.17, 15) is 4.79 Å². The van der Waals surface area contributed by atoms with Gasteiger partial charge in [-0.25, -0.2) is 0 Å². The summed E-state index contributed by atoms with van der Waals surface area (Å²) in [6.07, 6.45) is 6.98. The third-order valence-corrected chi connectivity index (χ3v) is 4.17. The number of hydrogen-bond donors (Lipinski definition) is 2. The first kappa shape index (κ1) is 16.5. The second kappa shape index (κ2) is 7.97. The second-order valence-electron chi connectivity index (χ2n) is 6.07. The molecule has 6 nitrogen and oxygen atoms in total. The van der Waals surface area contributed by atoms with Gasteiger partial charge >= 0.3 is 0 Å². The number of carbonyl (C=O) groups is 1. The highest BCUT2D eigenvalue weighted by Crippen LogP contribution is 2.23. The molecule has 2 N–H and O–H groups in total. The van der Waals surface area contributed by atoms with Crippen LogP contribution in [0.1, 0.15) is 19.3 Å². The minimum atomic E-state index is -0.0485. The van der Waals surface area contributed by atoms with Crippen molar-refractivity contribution in [2.24, 2.45) is 7.05 Å². The van der Waals surface area contributed by atoms with Crippen molar-refractivity contribution < 1.29 is 9.53 Å². The van der Waals surface area contributed by atoms with Gasteiger partial charge in [0.15, 0.2) is 0 Å². The second-order valence-corrected chi connectivity index (χ2v) is 6.07. The smallest absolute Gasteiger partial charge is 0.237 e. The molecule has 3 rings (SSSR count). The maximum Gasteiger partial charge on any atom is 0.237 e. The first-order valence-corrected chi connectivity index (χ1v) is 8.45. The van der Waals surface area contributed by atoms with E-state index in [0.717, 1.165) is 42.7 Å². The van der Waals surface area contributed by atoms with Crippen LogP contribution in [0.5, 0.6) is 5.75 Å². The maximum atomic E-state index is 12.0. The van der Waals surface area contributed by atoms with Crippen LogP contribution < -0.4 is 15.4 Å². The van der Waals surface area contributed by atoms with E-state index in [2.05, 4.69) is 15.7 Å². The van der Waals surface area contributed by atoms with E-state index >= 15 is 0 Å². The van der Waals surface area contributed by atoms with Crippen LogP contribution in [0.3, 0.4) is 0 Å². The molecule has 0 unspecified atom stereocenters. The number of piperidine rings is 1. The fourth-order valence-corrected chi connectivity index (χ4v) is 2.88. The molecule has 1 amide bonds. The molecule has 1 aliphatic rings. The van der Waals surface area contributed by atoms with Crippen LogP contribution >= 0.6 is 0 Å². The Bertz CT molecular complexity index is 677. The van der Waals surface area contributed by atoms with E-state index < -0.39 is 0 Å². The number of ether oxygens (including phenoxy) is 1. The predicted octanol–water partition coefficient (Wildman–Crippen LogP) is 1.72. The van der Waals surface area contributed by atoms with Gasteiger partial charge in [-0.15, -0.1) is 0 Å². The molecule has 1 atom stereocenters. The Morgan fingerprint density at radius 1 is 1.42 bits per heavy atom. The highest BCUT2D eigenvalue weighted by Gasteiger charge is 2.19. The van der Waals surface area contributed by atoms with Crippen LogP contribution in [0.25, 0.3) is 11.1 Å². The molecule has 0 saturated carbocycles. The molecule has 6 heteroatoms. The van der Waals surface area contributed by atoms with Crippen molar-refractivity contribution in [2.45, 2.75) is 25.3 Å². The van der Waals surface area contributed by atoms with Crippen LogP contribution in [0.4, 0.5) is 0 Å². The summed E-state index contributed by atoms with van der Waals surface area (Å²) in [5.41, 5.74) is 2.12. The number of rotatable bonds is 6. The van der Waals surface area contributed by atoms with Gasteiger partial charge in [-0.05, 0) is 37.1 Å². The molecule has 1 saturated heterocycles. The summed E-state index contributed by atoms with van der Waals surface area (Å²) >= 11 is 0. The molecule has 0 bridgehead atoms. The van der Waals surface area contributed by atoms with E-state index in [-0.39, 0.29) is 11.9 Å². The van der Waals surface area contributed by atoms with Gasteiger partial charge in [0.05, 0.1) is 18.8 Å². The quantitative estimate of drug-likeness (QED) is 0.793. The Labute approximate surface area is 142 Å². The van der Waals surface area contributed by atoms with Crippen LogP contribution in [-0.4, -0.2) is 41.4 Å². The van der Waals surface area contributed by atoms with Crippen molar-refractivity contribution in [3.05, 3.63) is 36.7 Å². The normalized spacial score (nSPS) is 17.5. The third kappa shape index (κ3) is 4.35. The number of nitrogens with zero attached hydrogens (tertiary/aromatic N) is 2. The van der Waals surface area contributed by atoms with E-state index in [4.69, 9.17) is 4.74 Å². The number of nitrogens with one attached hydrogen (secondary N) is 2. The summed E-state index contributed by atoms with van der Waals surface area (Å²) in [6.45, 7) is 1.89. The SMILES string of the molecule is Cn1cc(-c2cccc(OCCNC(=O)[C@H]3CCCCN3)c2)cn1. The molecule has 128 valence electrons. The van der Waals surface area contributed by atoms with Crippen molar-refractivity contribution in [3.63, 3.8) is 0 Å². The summed E-state index contributed by atoms with van der Waals surface area (Å²) < 4.78 is 7.53. The van der Waals surface area contributed by atoms with Gasteiger partial charge in [-0.3, -0.25) is 9.48 Å². The van der Waals surface area contributed by atoms with Crippen molar-refractivity contribution in [1.82, 2.24) is 20.4 Å². The monoisotopic (exact) mass is 328 g/mol. The molecule has 1 aromatic heterocycles. The van der Waals surface area contributed by atoms with E-state index in [1.165, 1.54) is 0 Å². The number of aryl methyl sites for hydroxylation is 1. The maximum absolute atomic E-state index is 12.0. The highest BCUT2D eigenvalue weighted by atomic mass is 16.5. The van der Waals surface area contributed by atoms with Crippen molar-refractivity contribution in [1.29, 1.82) is 0 Å². The standard InChI is InChI=1S/C18H24N4O2/c1-22-13-15(12-21-22)14-5-4-6-16(11-14)24-10-9-20-18(23)17-7-2-3-8-19-17/h4-6,11-13,17,19H,2-3,7-10H2,1H3,(H,20,23)/t17-/m1/s1. The Balaban J connectivity index is 1.46. The minimum absolute atomic E-state index is 0.0485. The van der Waals surface area contributed by atoms with Crippen LogP contribution in [0.2, 0.25) is 0 Å². The van der Waals surface area contributed by atoms with Gasteiger partial charge in [-0.1, -0.05) is 18.6 Å². The Morgan fingerprint density at radius 3 is 3.08 bits per heavy atom. The van der Waals surface area contributed by atoms with Gasteiger partial charge in [-0.2, -0.15) is 5.10 Å². The lowest BCUT2D eigenvalue weighted by Crippen LogP contribution is -2.47. The van der Waals surface area contributed by atoms with E-state index in [0.29, 0.717) is 13.2 Å². The predicted molar refractivity (Wildman–Crippen MR) is 92.8 cm³/mol. The fourth-order valence-electron chi connectivity index (χ4n) is 2.88. The topological polar surface area (TPSA) is 68.2 Å². The van der Waals surface area contributed by atoms with Gasteiger partial charge in [0, 0.05) is 18.8 Å². The van der Waals surface area contributed by atoms with Crippen molar-refractivity contribution in [2.75, 3.05) is 19.7 Å². The first-order chi connectivity index (χ1) is 11.7. The van der Waals surface area contributed by atoms with Crippen LogP contribution in [0, 0.1) is 0 Å². The number of benzene rings is 1. The molecule has 0 radical (unpaired) electrons. The average molecular weight is 328 g/mol. The Kier molecular flexibility index (Phi) is 5.48. The zero-order valence-corrected chi connectivity index (χ0v) is 14.0.